The molecule has 96 valence electrons. The van der Waals surface area contributed by atoms with Crippen molar-refractivity contribution < 1.29 is 0 Å². The van der Waals surface area contributed by atoms with Gasteiger partial charge in [0.25, 0.3) is 0 Å². The standard InChI is InChI=1S/C14H20N4/c15-14-12-6-2-3-7-13(12)18(16-14)11-10-17-8-4-1-5-9-17/h2-3,6-7H,1,4-5,8-11H2,(H2,15,16). The molecule has 1 aromatic heterocycles. The molecule has 0 amide bonds. The summed E-state index contributed by atoms with van der Waals surface area (Å²) in [6.45, 7) is 4.46. The molecule has 1 aliphatic rings. The highest BCUT2D eigenvalue weighted by Crippen LogP contribution is 2.20. The van der Waals surface area contributed by atoms with Crippen LogP contribution >= 0.6 is 0 Å². The first-order valence-electron chi connectivity index (χ1n) is 6.78. The van der Waals surface area contributed by atoms with Crippen LogP contribution in [0, 0.1) is 0 Å². The summed E-state index contributed by atoms with van der Waals surface area (Å²) in [5.74, 6) is 0.643. The fourth-order valence-corrected chi connectivity index (χ4v) is 2.74. The van der Waals surface area contributed by atoms with Crippen LogP contribution in [-0.2, 0) is 6.54 Å². The normalized spacial score (nSPS) is 17.3. The lowest BCUT2D eigenvalue weighted by Crippen LogP contribution is -2.32. The van der Waals surface area contributed by atoms with E-state index in [2.05, 4.69) is 16.1 Å². The van der Waals surface area contributed by atoms with Gasteiger partial charge in [-0.1, -0.05) is 18.6 Å². The van der Waals surface area contributed by atoms with Crippen LogP contribution in [0.2, 0.25) is 0 Å². The number of aromatic nitrogens is 2. The number of para-hydroxylation sites is 1. The lowest BCUT2D eigenvalue weighted by molar-refractivity contribution is 0.219. The molecule has 1 saturated heterocycles. The molecule has 1 fully saturated rings. The maximum atomic E-state index is 5.94. The average molecular weight is 244 g/mol. The van der Waals surface area contributed by atoms with E-state index in [1.165, 1.54) is 32.4 Å². The number of nitrogens with zero attached hydrogens (tertiary/aromatic N) is 3. The van der Waals surface area contributed by atoms with Gasteiger partial charge in [0.05, 0.1) is 12.1 Å². The van der Waals surface area contributed by atoms with E-state index >= 15 is 0 Å². The minimum atomic E-state index is 0.643. The highest BCUT2D eigenvalue weighted by atomic mass is 15.3. The number of rotatable bonds is 3. The van der Waals surface area contributed by atoms with E-state index in [4.69, 9.17) is 5.73 Å². The van der Waals surface area contributed by atoms with Gasteiger partial charge < -0.3 is 10.6 Å². The first-order valence-corrected chi connectivity index (χ1v) is 6.78. The molecule has 1 aliphatic heterocycles. The number of hydrogen-bond donors (Lipinski definition) is 1. The average Bonchev–Trinajstić information content (AvgIpc) is 2.75. The van der Waals surface area contributed by atoms with Gasteiger partial charge in [-0.2, -0.15) is 5.10 Å². The number of nitrogen functional groups attached to an aromatic ring is 1. The molecule has 4 nitrogen and oxygen atoms in total. The van der Waals surface area contributed by atoms with Gasteiger partial charge >= 0.3 is 0 Å². The second-order valence-corrected chi connectivity index (χ2v) is 5.03. The molecule has 0 radical (unpaired) electrons. The van der Waals surface area contributed by atoms with Crippen LogP contribution in [-0.4, -0.2) is 34.3 Å². The van der Waals surface area contributed by atoms with E-state index in [1.54, 1.807) is 0 Å². The van der Waals surface area contributed by atoms with E-state index < -0.39 is 0 Å². The van der Waals surface area contributed by atoms with Gasteiger partial charge in [0.15, 0.2) is 5.82 Å². The number of likely N-dealkylation sites (tertiary alicyclic amines) is 1. The largest absolute Gasteiger partial charge is 0.382 e. The van der Waals surface area contributed by atoms with Crippen molar-refractivity contribution in [2.75, 3.05) is 25.4 Å². The molecule has 0 atom stereocenters. The Labute approximate surface area is 107 Å². The van der Waals surface area contributed by atoms with Crippen molar-refractivity contribution in [3.8, 4) is 0 Å². The fourth-order valence-electron chi connectivity index (χ4n) is 2.74. The summed E-state index contributed by atoms with van der Waals surface area (Å²) >= 11 is 0. The molecule has 0 spiro atoms. The third kappa shape index (κ3) is 2.20. The minimum absolute atomic E-state index is 0.643. The Balaban J connectivity index is 1.74. The molecule has 0 saturated carbocycles. The molecule has 4 heteroatoms. The topological polar surface area (TPSA) is 47.1 Å². The molecule has 0 bridgehead atoms. The number of hydrogen-bond acceptors (Lipinski definition) is 3. The number of nitrogens with two attached hydrogens (primary N) is 1. The summed E-state index contributed by atoms with van der Waals surface area (Å²) in [6.07, 6.45) is 4.05. The van der Waals surface area contributed by atoms with Crippen LogP contribution in [0.4, 0.5) is 5.82 Å². The molecule has 3 rings (SSSR count). The van der Waals surface area contributed by atoms with Gasteiger partial charge in [-0.25, -0.2) is 0 Å². The van der Waals surface area contributed by atoms with E-state index in [1.807, 2.05) is 22.9 Å². The highest BCUT2D eigenvalue weighted by Gasteiger charge is 2.11. The number of benzene rings is 1. The Morgan fingerprint density at radius 1 is 1.06 bits per heavy atom. The molecular formula is C14H20N4. The van der Waals surface area contributed by atoms with E-state index in [0.29, 0.717) is 5.82 Å². The monoisotopic (exact) mass is 244 g/mol. The maximum Gasteiger partial charge on any atom is 0.153 e. The zero-order valence-electron chi connectivity index (χ0n) is 10.7. The fraction of sp³-hybridized carbons (Fsp3) is 0.500. The van der Waals surface area contributed by atoms with Crippen LogP contribution in [0.1, 0.15) is 19.3 Å². The third-order valence-electron chi connectivity index (χ3n) is 3.76. The molecule has 1 aromatic carbocycles. The van der Waals surface area contributed by atoms with Gasteiger partial charge in [-0.05, 0) is 38.1 Å². The van der Waals surface area contributed by atoms with Gasteiger partial charge in [-0.15, -0.1) is 0 Å². The molecule has 0 unspecified atom stereocenters. The van der Waals surface area contributed by atoms with Crippen molar-refractivity contribution in [1.29, 1.82) is 0 Å². The van der Waals surface area contributed by atoms with Crippen molar-refractivity contribution in [3.63, 3.8) is 0 Å². The Morgan fingerprint density at radius 2 is 1.83 bits per heavy atom. The van der Waals surface area contributed by atoms with E-state index in [-0.39, 0.29) is 0 Å². The van der Waals surface area contributed by atoms with Gasteiger partial charge in [0, 0.05) is 11.9 Å². The zero-order valence-corrected chi connectivity index (χ0v) is 10.7. The predicted molar refractivity (Wildman–Crippen MR) is 74.4 cm³/mol. The second kappa shape index (κ2) is 4.98. The number of piperidine rings is 1. The van der Waals surface area contributed by atoms with Crippen LogP contribution in [0.5, 0.6) is 0 Å². The minimum Gasteiger partial charge on any atom is -0.382 e. The number of fused-ring (bicyclic) bond motifs is 1. The highest BCUT2D eigenvalue weighted by molar-refractivity contribution is 5.88. The molecule has 2 N–H and O–H groups in total. The van der Waals surface area contributed by atoms with Crippen molar-refractivity contribution in [2.45, 2.75) is 25.8 Å². The molecular weight excluding hydrogens is 224 g/mol. The summed E-state index contributed by atoms with van der Waals surface area (Å²) in [5.41, 5.74) is 7.09. The molecule has 2 aromatic rings. The van der Waals surface area contributed by atoms with Crippen molar-refractivity contribution in [3.05, 3.63) is 24.3 Å². The summed E-state index contributed by atoms with van der Waals surface area (Å²) in [6, 6.07) is 8.18. The molecule has 18 heavy (non-hydrogen) atoms. The lowest BCUT2D eigenvalue weighted by atomic mass is 10.1. The Morgan fingerprint density at radius 3 is 2.67 bits per heavy atom. The third-order valence-corrected chi connectivity index (χ3v) is 3.76. The molecule has 0 aliphatic carbocycles. The van der Waals surface area contributed by atoms with Crippen LogP contribution in [0.25, 0.3) is 10.9 Å². The Kier molecular flexibility index (Phi) is 3.19. The lowest BCUT2D eigenvalue weighted by Gasteiger charge is -2.26. The van der Waals surface area contributed by atoms with Crippen molar-refractivity contribution in [1.82, 2.24) is 14.7 Å². The van der Waals surface area contributed by atoms with Gasteiger partial charge in [0.2, 0.25) is 0 Å². The summed E-state index contributed by atoms with van der Waals surface area (Å²) in [5, 5.41) is 5.51. The van der Waals surface area contributed by atoms with Crippen LogP contribution in [0.3, 0.4) is 0 Å². The zero-order chi connectivity index (χ0) is 12.4. The van der Waals surface area contributed by atoms with E-state index in [9.17, 15) is 0 Å². The first kappa shape index (κ1) is 11.5. The molecule has 2 heterocycles. The van der Waals surface area contributed by atoms with Gasteiger partial charge in [0.1, 0.15) is 0 Å². The predicted octanol–water partition coefficient (Wildman–Crippen LogP) is 2.10. The van der Waals surface area contributed by atoms with Gasteiger partial charge in [-0.3, -0.25) is 4.68 Å². The van der Waals surface area contributed by atoms with Crippen LogP contribution in [0.15, 0.2) is 24.3 Å². The van der Waals surface area contributed by atoms with Crippen molar-refractivity contribution >= 4 is 16.7 Å². The SMILES string of the molecule is Nc1nn(CCN2CCCCC2)c2ccccc12. The summed E-state index contributed by atoms with van der Waals surface area (Å²) < 4.78 is 2.04. The maximum absolute atomic E-state index is 5.94. The van der Waals surface area contributed by atoms with E-state index in [0.717, 1.165) is 24.0 Å². The summed E-state index contributed by atoms with van der Waals surface area (Å²) in [7, 11) is 0. The van der Waals surface area contributed by atoms with Crippen LogP contribution < -0.4 is 5.73 Å². The van der Waals surface area contributed by atoms with Crippen molar-refractivity contribution in [2.24, 2.45) is 0 Å². The Hall–Kier alpha value is -1.55. The first-order chi connectivity index (χ1) is 8.84. The second-order valence-electron chi connectivity index (χ2n) is 5.03. The smallest absolute Gasteiger partial charge is 0.153 e. The summed E-state index contributed by atoms with van der Waals surface area (Å²) in [4.78, 5) is 2.52. The quantitative estimate of drug-likeness (QED) is 0.899. The Bertz CT molecular complexity index is 526. The number of anilines is 1.